The third-order valence-corrected chi connectivity index (χ3v) is 3.00. The summed E-state index contributed by atoms with van der Waals surface area (Å²) in [5.74, 6) is 5.71. The number of hydrazine groups is 1. The Morgan fingerprint density at radius 2 is 1.90 bits per heavy atom. The van der Waals surface area contributed by atoms with Crippen molar-refractivity contribution in [3.05, 3.63) is 59.4 Å². The second kappa shape index (κ2) is 6.40. The summed E-state index contributed by atoms with van der Waals surface area (Å²) in [6, 6.07) is 7.97. The predicted octanol–water partition coefficient (Wildman–Crippen LogP) is 2.54. The smallest absolute Gasteiger partial charge is 0.387 e. The molecule has 1 heterocycles. The van der Waals surface area contributed by atoms with Gasteiger partial charge in [0.15, 0.2) is 0 Å². The van der Waals surface area contributed by atoms with Gasteiger partial charge in [-0.1, -0.05) is 12.1 Å². The Bertz CT molecular complexity index is 561. The maximum atomic E-state index is 12.1. The topological polar surface area (TPSA) is 60.2 Å². The molecule has 0 amide bonds. The Hall–Kier alpha value is -2.05. The number of ether oxygens (including phenoxy) is 1. The molecule has 20 heavy (non-hydrogen) atoms. The minimum atomic E-state index is -2.83. The van der Waals surface area contributed by atoms with Gasteiger partial charge in [-0.25, -0.2) is 5.43 Å². The van der Waals surface area contributed by atoms with Gasteiger partial charge in [-0.3, -0.25) is 10.8 Å². The van der Waals surface area contributed by atoms with Crippen LogP contribution in [0.5, 0.6) is 5.75 Å². The van der Waals surface area contributed by atoms with Gasteiger partial charge < -0.3 is 4.74 Å². The van der Waals surface area contributed by atoms with E-state index < -0.39 is 6.61 Å². The number of rotatable bonds is 5. The molecule has 106 valence electrons. The van der Waals surface area contributed by atoms with E-state index in [9.17, 15) is 8.78 Å². The van der Waals surface area contributed by atoms with E-state index in [1.54, 1.807) is 24.5 Å². The lowest BCUT2D eigenvalue weighted by Gasteiger charge is -2.18. The molecule has 1 aromatic heterocycles. The lowest BCUT2D eigenvalue weighted by molar-refractivity contribution is -0.0498. The van der Waals surface area contributed by atoms with Crippen molar-refractivity contribution >= 4 is 0 Å². The van der Waals surface area contributed by atoms with Crippen molar-refractivity contribution in [2.45, 2.75) is 19.6 Å². The second-order valence-corrected chi connectivity index (χ2v) is 4.28. The van der Waals surface area contributed by atoms with E-state index in [2.05, 4.69) is 15.1 Å². The fourth-order valence-corrected chi connectivity index (χ4v) is 1.99. The largest absolute Gasteiger partial charge is 0.435 e. The zero-order valence-corrected chi connectivity index (χ0v) is 10.9. The van der Waals surface area contributed by atoms with Crippen molar-refractivity contribution < 1.29 is 13.5 Å². The Labute approximate surface area is 115 Å². The van der Waals surface area contributed by atoms with Crippen LogP contribution in [0.3, 0.4) is 0 Å². The van der Waals surface area contributed by atoms with Crippen molar-refractivity contribution in [1.29, 1.82) is 0 Å². The van der Waals surface area contributed by atoms with Crippen LogP contribution in [0.4, 0.5) is 8.78 Å². The van der Waals surface area contributed by atoms with Crippen LogP contribution >= 0.6 is 0 Å². The van der Waals surface area contributed by atoms with Gasteiger partial charge in [-0.05, 0) is 41.8 Å². The number of aryl methyl sites for hydroxylation is 1. The summed E-state index contributed by atoms with van der Waals surface area (Å²) in [5.41, 5.74) is 5.51. The number of nitrogens with two attached hydrogens (primary N) is 1. The summed E-state index contributed by atoms with van der Waals surface area (Å²) in [5, 5.41) is 0. The minimum Gasteiger partial charge on any atom is -0.435 e. The normalized spacial score (nSPS) is 12.4. The van der Waals surface area contributed by atoms with Gasteiger partial charge in [-0.2, -0.15) is 8.78 Å². The molecule has 0 aliphatic heterocycles. The first kappa shape index (κ1) is 14.4. The first-order valence-corrected chi connectivity index (χ1v) is 6.03. The molecule has 0 spiro atoms. The average molecular weight is 279 g/mol. The molecule has 0 aliphatic rings. The fraction of sp³-hybridized carbons (Fsp3) is 0.214. The molecule has 2 aromatic rings. The average Bonchev–Trinajstić information content (AvgIpc) is 2.43. The van der Waals surface area contributed by atoms with Crippen LogP contribution in [0, 0.1) is 6.92 Å². The Morgan fingerprint density at radius 3 is 2.45 bits per heavy atom. The first-order valence-electron chi connectivity index (χ1n) is 6.03. The zero-order valence-electron chi connectivity index (χ0n) is 10.9. The van der Waals surface area contributed by atoms with Crippen LogP contribution in [0.2, 0.25) is 0 Å². The molecular formula is C14H15F2N3O. The SMILES string of the molecule is Cc1ccncc1C(NN)c1ccc(OC(F)F)cc1. The van der Waals surface area contributed by atoms with Gasteiger partial charge in [0.05, 0.1) is 6.04 Å². The van der Waals surface area contributed by atoms with E-state index in [1.165, 1.54) is 12.1 Å². The quantitative estimate of drug-likeness (QED) is 0.652. The predicted molar refractivity (Wildman–Crippen MR) is 71.2 cm³/mol. The van der Waals surface area contributed by atoms with Crippen LogP contribution in [0.25, 0.3) is 0 Å². The van der Waals surface area contributed by atoms with E-state index in [-0.39, 0.29) is 11.8 Å². The molecular weight excluding hydrogens is 264 g/mol. The van der Waals surface area contributed by atoms with E-state index in [0.717, 1.165) is 16.7 Å². The van der Waals surface area contributed by atoms with Crippen LogP contribution in [-0.2, 0) is 0 Å². The van der Waals surface area contributed by atoms with Gasteiger partial charge >= 0.3 is 6.61 Å². The molecule has 4 nitrogen and oxygen atoms in total. The van der Waals surface area contributed by atoms with E-state index in [4.69, 9.17) is 5.84 Å². The van der Waals surface area contributed by atoms with Crippen LogP contribution < -0.4 is 16.0 Å². The number of pyridine rings is 1. The number of alkyl halides is 2. The molecule has 1 atom stereocenters. The molecule has 0 fully saturated rings. The van der Waals surface area contributed by atoms with Gasteiger partial charge in [-0.15, -0.1) is 0 Å². The second-order valence-electron chi connectivity index (χ2n) is 4.28. The van der Waals surface area contributed by atoms with Gasteiger partial charge in [0, 0.05) is 12.4 Å². The summed E-state index contributed by atoms with van der Waals surface area (Å²) in [6.07, 6.45) is 3.43. The molecule has 0 saturated carbocycles. The van der Waals surface area contributed by atoms with E-state index in [1.807, 2.05) is 13.0 Å². The number of benzene rings is 1. The molecule has 0 aliphatic carbocycles. The monoisotopic (exact) mass is 279 g/mol. The molecule has 1 unspecified atom stereocenters. The fourth-order valence-electron chi connectivity index (χ4n) is 1.99. The summed E-state index contributed by atoms with van der Waals surface area (Å²) in [6.45, 7) is -0.875. The number of hydrogen-bond acceptors (Lipinski definition) is 4. The lowest BCUT2D eigenvalue weighted by Crippen LogP contribution is -2.29. The summed E-state index contributed by atoms with van der Waals surface area (Å²) >= 11 is 0. The number of nitrogens with one attached hydrogen (secondary N) is 1. The molecule has 1 aromatic carbocycles. The first-order chi connectivity index (χ1) is 9.61. The van der Waals surface area contributed by atoms with Crippen molar-refractivity contribution in [2.24, 2.45) is 5.84 Å². The molecule has 3 N–H and O–H groups in total. The van der Waals surface area contributed by atoms with Crippen LogP contribution in [-0.4, -0.2) is 11.6 Å². The van der Waals surface area contributed by atoms with Crippen LogP contribution in [0.15, 0.2) is 42.7 Å². The maximum absolute atomic E-state index is 12.1. The minimum absolute atomic E-state index is 0.113. The molecule has 2 rings (SSSR count). The Kier molecular flexibility index (Phi) is 4.60. The van der Waals surface area contributed by atoms with Crippen molar-refractivity contribution in [3.63, 3.8) is 0 Å². The highest BCUT2D eigenvalue weighted by Gasteiger charge is 2.15. The molecule has 0 bridgehead atoms. The van der Waals surface area contributed by atoms with E-state index >= 15 is 0 Å². The third kappa shape index (κ3) is 3.28. The standard InChI is InChI=1S/C14H15F2N3O/c1-9-6-7-18-8-12(9)13(19-17)10-2-4-11(5-3-10)20-14(15)16/h2-8,13-14,19H,17H2,1H3. The number of halogens is 2. The van der Waals surface area contributed by atoms with Crippen molar-refractivity contribution in [3.8, 4) is 5.75 Å². The Morgan fingerprint density at radius 1 is 1.20 bits per heavy atom. The summed E-state index contributed by atoms with van der Waals surface area (Å²) in [4.78, 5) is 4.08. The number of nitrogens with zero attached hydrogens (tertiary/aromatic N) is 1. The zero-order chi connectivity index (χ0) is 14.5. The number of aromatic nitrogens is 1. The highest BCUT2D eigenvalue weighted by atomic mass is 19.3. The summed E-state index contributed by atoms with van der Waals surface area (Å²) < 4.78 is 28.5. The van der Waals surface area contributed by atoms with Crippen LogP contribution in [0.1, 0.15) is 22.7 Å². The van der Waals surface area contributed by atoms with Crippen molar-refractivity contribution in [2.75, 3.05) is 0 Å². The van der Waals surface area contributed by atoms with Crippen molar-refractivity contribution in [1.82, 2.24) is 10.4 Å². The lowest BCUT2D eigenvalue weighted by atomic mass is 9.97. The Balaban J connectivity index is 2.26. The summed E-state index contributed by atoms with van der Waals surface area (Å²) in [7, 11) is 0. The molecule has 0 saturated heterocycles. The van der Waals surface area contributed by atoms with E-state index in [0.29, 0.717) is 0 Å². The molecule has 0 radical (unpaired) electrons. The van der Waals surface area contributed by atoms with Gasteiger partial charge in [0.1, 0.15) is 5.75 Å². The van der Waals surface area contributed by atoms with Gasteiger partial charge in [0.25, 0.3) is 0 Å². The third-order valence-electron chi connectivity index (χ3n) is 3.00. The van der Waals surface area contributed by atoms with Gasteiger partial charge in [0.2, 0.25) is 0 Å². The highest BCUT2D eigenvalue weighted by Crippen LogP contribution is 2.25. The molecule has 6 heteroatoms. The highest BCUT2D eigenvalue weighted by molar-refractivity contribution is 5.37. The maximum Gasteiger partial charge on any atom is 0.387 e. The number of hydrogen-bond donors (Lipinski definition) is 2.